The lowest BCUT2D eigenvalue weighted by Gasteiger charge is -2.00. The van der Waals surface area contributed by atoms with E-state index in [9.17, 15) is 14.7 Å². The van der Waals surface area contributed by atoms with Crippen molar-refractivity contribution in [3.63, 3.8) is 0 Å². The van der Waals surface area contributed by atoms with Crippen LogP contribution in [0.2, 0.25) is 0 Å². The molecule has 0 aliphatic rings. The molecule has 2 aromatic rings. The van der Waals surface area contributed by atoms with Crippen LogP contribution in [0, 0.1) is 0 Å². The molecule has 4 nitrogen and oxygen atoms in total. The first-order chi connectivity index (χ1) is 7.56. The van der Waals surface area contributed by atoms with Crippen molar-refractivity contribution in [1.82, 2.24) is 0 Å². The number of fused-ring (bicyclic) bond motifs is 1. The van der Waals surface area contributed by atoms with Crippen LogP contribution in [0.1, 0.15) is 16.6 Å². The van der Waals surface area contributed by atoms with E-state index in [2.05, 4.69) is 5.32 Å². The van der Waals surface area contributed by atoms with Gasteiger partial charge in [0, 0.05) is 17.3 Å². The van der Waals surface area contributed by atoms with Crippen LogP contribution in [0.15, 0.2) is 24.3 Å². The van der Waals surface area contributed by atoms with Gasteiger partial charge in [0.25, 0.3) is 0 Å². The normalized spacial score (nSPS) is 10.3. The van der Waals surface area contributed by atoms with Crippen molar-refractivity contribution in [3.8, 4) is 0 Å². The molecule has 1 aromatic carbocycles. The number of aromatic carboxylic acids is 1. The van der Waals surface area contributed by atoms with Gasteiger partial charge in [-0.3, -0.25) is 4.79 Å². The Balaban J connectivity index is 2.45. The Kier molecular flexibility index (Phi) is 2.62. The van der Waals surface area contributed by atoms with Crippen molar-refractivity contribution in [2.45, 2.75) is 6.92 Å². The van der Waals surface area contributed by atoms with Crippen LogP contribution in [0.4, 0.5) is 5.69 Å². The second-order valence-electron chi connectivity index (χ2n) is 3.33. The smallest absolute Gasteiger partial charge is 0.221 e. The summed E-state index contributed by atoms with van der Waals surface area (Å²) < 4.78 is 0.855. The molecule has 0 spiro atoms. The average Bonchev–Trinajstić information content (AvgIpc) is 2.59. The molecule has 0 fully saturated rings. The maximum atomic E-state index is 10.9. The summed E-state index contributed by atoms with van der Waals surface area (Å²) in [6, 6.07) is 6.79. The lowest BCUT2D eigenvalue weighted by Crippen LogP contribution is -2.20. The van der Waals surface area contributed by atoms with E-state index in [1.807, 2.05) is 0 Å². The number of thiophene rings is 1. The van der Waals surface area contributed by atoms with Gasteiger partial charge in [0.1, 0.15) is 0 Å². The number of hydrogen-bond donors (Lipinski definition) is 1. The number of carbonyl (C=O) groups is 2. The van der Waals surface area contributed by atoms with Crippen LogP contribution in [0.5, 0.6) is 0 Å². The maximum Gasteiger partial charge on any atom is 0.221 e. The summed E-state index contributed by atoms with van der Waals surface area (Å²) in [5.41, 5.74) is 0.655. The van der Waals surface area contributed by atoms with E-state index in [1.165, 1.54) is 6.92 Å². The maximum absolute atomic E-state index is 10.9. The summed E-state index contributed by atoms with van der Waals surface area (Å²) in [7, 11) is 0. The monoisotopic (exact) mass is 234 g/mol. The minimum atomic E-state index is -1.18. The lowest BCUT2D eigenvalue weighted by molar-refractivity contribution is -0.254. The largest absolute Gasteiger partial charge is 0.544 e. The van der Waals surface area contributed by atoms with Gasteiger partial charge in [-0.25, -0.2) is 0 Å². The van der Waals surface area contributed by atoms with Gasteiger partial charge in [-0.1, -0.05) is 0 Å². The van der Waals surface area contributed by atoms with Gasteiger partial charge in [0.2, 0.25) is 5.91 Å². The first-order valence-electron chi connectivity index (χ1n) is 4.59. The van der Waals surface area contributed by atoms with E-state index in [0.717, 1.165) is 21.4 Å². The standard InChI is InChI=1S/C11H9NO3S/c1-6(13)12-8-2-3-9-7(4-8)5-10(16-9)11(14)15/h2-5H,1H3,(H,12,13)(H,14,15)/p-1. The molecule has 82 valence electrons. The molecular formula is C11H8NO3S-. The second-order valence-corrected chi connectivity index (χ2v) is 4.42. The number of nitrogens with one attached hydrogen (secondary N) is 1. The Hall–Kier alpha value is -1.88. The van der Waals surface area contributed by atoms with Gasteiger partial charge >= 0.3 is 0 Å². The molecule has 0 aliphatic heterocycles. The molecule has 1 N–H and O–H groups in total. The molecule has 1 heterocycles. The van der Waals surface area contributed by atoms with Crippen molar-refractivity contribution >= 4 is 39.0 Å². The van der Waals surface area contributed by atoms with Gasteiger partial charge in [-0.2, -0.15) is 0 Å². The van der Waals surface area contributed by atoms with Gasteiger partial charge in [-0.05, 0) is 29.7 Å². The predicted octanol–water partition coefficient (Wildman–Crippen LogP) is 1.22. The van der Waals surface area contributed by atoms with Gasteiger partial charge < -0.3 is 15.2 Å². The summed E-state index contributed by atoms with van der Waals surface area (Å²) in [5, 5.41) is 14.1. The van der Waals surface area contributed by atoms with Gasteiger partial charge in [0.05, 0.1) is 10.8 Å². The molecule has 0 aliphatic carbocycles. The third-order valence-corrected chi connectivity index (χ3v) is 3.13. The fourth-order valence-corrected chi connectivity index (χ4v) is 2.30. The summed E-state index contributed by atoms with van der Waals surface area (Å²) in [6.07, 6.45) is 0. The van der Waals surface area contributed by atoms with Gasteiger partial charge in [-0.15, -0.1) is 11.3 Å². The fourth-order valence-electron chi connectivity index (χ4n) is 1.42. The Morgan fingerprint density at radius 2 is 2.06 bits per heavy atom. The molecule has 0 atom stereocenters. The number of rotatable bonds is 2. The third kappa shape index (κ3) is 2.04. The summed E-state index contributed by atoms with van der Waals surface area (Å²) in [4.78, 5) is 21.7. The quantitative estimate of drug-likeness (QED) is 0.849. The fraction of sp³-hybridized carbons (Fsp3) is 0.0909. The highest BCUT2D eigenvalue weighted by Gasteiger charge is 2.04. The predicted molar refractivity (Wildman–Crippen MR) is 60.5 cm³/mol. The summed E-state index contributed by atoms with van der Waals surface area (Å²) in [5.74, 6) is -1.34. The number of carbonyl (C=O) groups excluding carboxylic acids is 2. The minimum absolute atomic E-state index is 0.158. The van der Waals surface area contributed by atoms with Crippen molar-refractivity contribution in [3.05, 3.63) is 29.1 Å². The topological polar surface area (TPSA) is 69.2 Å². The van der Waals surface area contributed by atoms with Crippen LogP contribution in [0.25, 0.3) is 10.1 Å². The zero-order valence-electron chi connectivity index (χ0n) is 8.44. The van der Waals surface area contributed by atoms with Crippen molar-refractivity contribution in [1.29, 1.82) is 0 Å². The highest BCUT2D eigenvalue weighted by molar-refractivity contribution is 7.20. The highest BCUT2D eigenvalue weighted by atomic mass is 32.1. The molecule has 5 heteroatoms. The van der Waals surface area contributed by atoms with Crippen LogP contribution < -0.4 is 10.4 Å². The van der Waals surface area contributed by atoms with Crippen LogP contribution in [-0.4, -0.2) is 11.9 Å². The number of carboxylic acids is 1. The molecule has 1 aromatic heterocycles. The molecule has 0 radical (unpaired) electrons. The minimum Gasteiger partial charge on any atom is -0.544 e. The Morgan fingerprint density at radius 3 is 2.69 bits per heavy atom. The zero-order valence-corrected chi connectivity index (χ0v) is 9.26. The number of hydrogen-bond acceptors (Lipinski definition) is 4. The van der Waals surface area contributed by atoms with Crippen molar-refractivity contribution < 1.29 is 14.7 Å². The summed E-state index contributed by atoms with van der Waals surface area (Å²) in [6.45, 7) is 1.42. The lowest BCUT2D eigenvalue weighted by atomic mass is 10.2. The first-order valence-corrected chi connectivity index (χ1v) is 5.40. The molecule has 2 rings (SSSR count). The van der Waals surface area contributed by atoms with E-state index in [1.54, 1.807) is 24.3 Å². The second kappa shape index (κ2) is 3.94. The summed E-state index contributed by atoms with van der Waals surface area (Å²) >= 11 is 1.16. The molecule has 0 unspecified atom stereocenters. The third-order valence-electron chi connectivity index (χ3n) is 2.04. The number of carboxylic acid groups (broad SMARTS) is 1. The van der Waals surface area contributed by atoms with E-state index < -0.39 is 5.97 Å². The SMILES string of the molecule is CC(=O)Nc1ccc2sc(C(=O)[O-])cc2c1. The molecule has 16 heavy (non-hydrogen) atoms. The van der Waals surface area contributed by atoms with E-state index >= 15 is 0 Å². The number of benzene rings is 1. The number of anilines is 1. The number of amides is 1. The van der Waals surface area contributed by atoms with E-state index in [-0.39, 0.29) is 10.8 Å². The Labute approximate surface area is 95.5 Å². The first kappa shape index (κ1) is 10.6. The molecular weight excluding hydrogens is 226 g/mol. The van der Waals surface area contributed by atoms with Gasteiger partial charge in [0.15, 0.2) is 0 Å². The highest BCUT2D eigenvalue weighted by Crippen LogP contribution is 2.27. The Morgan fingerprint density at radius 1 is 1.31 bits per heavy atom. The molecule has 0 bridgehead atoms. The van der Waals surface area contributed by atoms with E-state index in [0.29, 0.717) is 5.69 Å². The Bertz CT molecular complexity index is 574. The van der Waals surface area contributed by atoms with E-state index in [4.69, 9.17) is 0 Å². The zero-order chi connectivity index (χ0) is 11.7. The van der Waals surface area contributed by atoms with Crippen LogP contribution >= 0.6 is 11.3 Å². The van der Waals surface area contributed by atoms with Crippen molar-refractivity contribution in [2.24, 2.45) is 0 Å². The van der Waals surface area contributed by atoms with Crippen LogP contribution in [0.3, 0.4) is 0 Å². The van der Waals surface area contributed by atoms with Crippen molar-refractivity contribution in [2.75, 3.05) is 5.32 Å². The van der Waals surface area contributed by atoms with Crippen LogP contribution in [-0.2, 0) is 4.79 Å². The molecule has 0 saturated heterocycles. The average molecular weight is 234 g/mol. The molecule has 1 amide bonds. The molecule has 0 saturated carbocycles.